The summed E-state index contributed by atoms with van der Waals surface area (Å²) in [6, 6.07) is 9.13. The van der Waals surface area contributed by atoms with E-state index >= 15 is 0 Å². The van der Waals surface area contributed by atoms with Gasteiger partial charge in [-0.3, -0.25) is 4.98 Å². The molecule has 2 aromatic rings. The van der Waals surface area contributed by atoms with Crippen LogP contribution in [0.3, 0.4) is 0 Å². The predicted molar refractivity (Wildman–Crippen MR) is 74.3 cm³/mol. The normalized spacial score (nSPS) is 15.8. The number of thiophene rings is 1. The van der Waals surface area contributed by atoms with E-state index in [0.29, 0.717) is 10.8 Å². The second-order valence-electron chi connectivity index (χ2n) is 4.53. The molecule has 0 saturated heterocycles. The van der Waals surface area contributed by atoms with Crippen molar-refractivity contribution < 1.29 is 8.42 Å². The summed E-state index contributed by atoms with van der Waals surface area (Å²) >= 11 is 1.26. The minimum Gasteiger partial charge on any atom is -0.260 e. The SMILES string of the molecule is O=S(=O)(c1cccs1)N(Cc1ccccn1)C1CC1. The van der Waals surface area contributed by atoms with E-state index in [1.54, 1.807) is 28.0 Å². The molecular weight excluding hydrogens is 280 g/mol. The van der Waals surface area contributed by atoms with Gasteiger partial charge in [0.15, 0.2) is 0 Å². The highest BCUT2D eigenvalue weighted by molar-refractivity contribution is 7.91. The van der Waals surface area contributed by atoms with Gasteiger partial charge in [0.1, 0.15) is 4.21 Å². The van der Waals surface area contributed by atoms with Crippen LogP contribution in [0.25, 0.3) is 0 Å². The van der Waals surface area contributed by atoms with Gasteiger partial charge in [-0.2, -0.15) is 4.31 Å². The number of nitrogens with zero attached hydrogens (tertiary/aromatic N) is 2. The lowest BCUT2D eigenvalue weighted by Gasteiger charge is -2.20. The minimum atomic E-state index is -3.38. The van der Waals surface area contributed by atoms with Crippen LogP contribution in [-0.4, -0.2) is 23.7 Å². The second-order valence-corrected chi connectivity index (χ2v) is 7.60. The molecule has 0 atom stereocenters. The monoisotopic (exact) mass is 294 g/mol. The number of rotatable bonds is 5. The van der Waals surface area contributed by atoms with Gasteiger partial charge in [0.05, 0.1) is 12.2 Å². The first-order valence-corrected chi connectivity index (χ1v) is 8.45. The fourth-order valence-corrected chi connectivity index (χ4v) is 4.73. The quantitative estimate of drug-likeness (QED) is 0.851. The van der Waals surface area contributed by atoms with E-state index in [4.69, 9.17) is 0 Å². The highest BCUT2D eigenvalue weighted by Crippen LogP contribution is 2.34. The van der Waals surface area contributed by atoms with E-state index < -0.39 is 10.0 Å². The number of hydrogen-bond donors (Lipinski definition) is 0. The fourth-order valence-electron chi connectivity index (χ4n) is 1.95. The zero-order valence-electron chi connectivity index (χ0n) is 10.3. The average Bonchev–Trinajstić information content (AvgIpc) is 3.09. The average molecular weight is 294 g/mol. The van der Waals surface area contributed by atoms with E-state index in [1.807, 2.05) is 18.2 Å². The Hall–Kier alpha value is -1.24. The van der Waals surface area contributed by atoms with Gasteiger partial charge < -0.3 is 0 Å². The van der Waals surface area contributed by atoms with Gasteiger partial charge >= 0.3 is 0 Å². The molecule has 1 saturated carbocycles. The molecule has 6 heteroatoms. The molecule has 0 aliphatic heterocycles. The first-order chi connectivity index (χ1) is 9.18. The molecule has 19 heavy (non-hydrogen) atoms. The third-order valence-electron chi connectivity index (χ3n) is 3.06. The number of pyridine rings is 1. The van der Waals surface area contributed by atoms with Gasteiger partial charge in [0, 0.05) is 12.2 Å². The van der Waals surface area contributed by atoms with Crippen LogP contribution in [-0.2, 0) is 16.6 Å². The van der Waals surface area contributed by atoms with Gasteiger partial charge in [-0.25, -0.2) is 8.42 Å². The van der Waals surface area contributed by atoms with Crippen LogP contribution in [0.5, 0.6) is 0 Å². The van der Waals surface area contributed by atoms with Crippen molar-refractivity contribution in [1.82, 2.24) is 9.29 Å². The number of sulfonamides is 1. The summed E-state index contributed by atoms with van der Waals surface area (Å²) in [5.74, 6) is 0. The summed E-state index contributed by atoms with van der Waals surface area (Å²) in [5.41, 5.74) is 0.787. The van der Waals surface area contributed by atoms with Gasteiger partial charge in [0.25, 0.3) is 10.0 Å². The molecule has 2 heterocycles. The van der Waals surface area contributed by atoms with Crippen molar-refractivity contribution in [2.24, 2.45) is 0 Å². The number of aromatic nitrogens is 1. The Kier molecular flexibility index (Phi) is 3.38. The maximum atomic E-state index is 12.6. The van der Waals surface area contributed by atoms with Crippen molar-refractivity contribution in [3.8, 4) is 0 Å². The molecule has 0 radical (unpaired) electrons. The van der Waals surface area contributed by atoms with Crippen molar-refractivity contribution >= 4 is 21.4 Å². The molecule has 0 aromatic carbocycles. The molecule has 1 aliphatic carbocycles. The van der Waals surface area contributed by atoms with Crippen molar-refractivity contribution in [2.45, 2.75) is 29.6 Å². The molecule has 100 valence electrons. The highest BCUT2D eigenvalue weighted by Gasteiger charge is 2.38. The van der Waals surface area contributed by atoms with Gasteiger partial charge in [-0.1, -0.05) is 12.1 Å². The zero-order chi connectivity index (χ0) is 13.3. The lowest BCUT2D eigenvalue weighted by molar-refractivity contribution is 0.395. The van der Waals surface area contributed by atoms with E-state index in [1.165, 1.54) is 11.3 Å². The molecule has 1 aliphatic rings. The molecule has 0 N–H and O–H groups in total. The van der Waals surface area contributed by atoms with Crippen LogP contribution in [0.1, 0.15) is 18.5 Å². The van der Waals surface area contributed by atoms with Gasteiger partial charge in [-0.05, 0) is 36.4 Å². The van der Waals surface area contributed by atoms with Crippen LogP contribution in [0.2, 0.25) is 0 Å². The minimum absolute atomic E-state index is 0.133. The van der Waals surface area contributed by atoms with Crippen molar-refractivity contribution in [3.05, 3.63) is 47.6 Å². The molecule has 4 nitrogen and oxygen atoms in total. The Labute approximate surface area is 116 Å². The van der Waals surface area contributed by atoms with Crippen LogP contribution >= 0.6 is 11.3 Å². The number of hydrogen-bond acceptors (Lipinski definition) is 4. The van der Waals surface area contributed by atoms with Crippen molar-refractivity contribution in [3.63, 3.8) is 0 Å². The maximum Gasteiger partial charge on any atom is 0.253 e. The Balaban J connectivity index is 1.90. The van der Waals surface area contributed by atoms with Crippen LogP contribution in [0, 0.1) is 0 Å². The second kappa shape index (κ2) is 5.03. The smallest absolute Gasteiger partial charge is 0.253 e. The summed E-state index contributed by atoms with van der Waals surface area (Å²) in [7, 11) is -3.38. The molecular formula is C13H14N2O2S2. The summed E-state index contributed by atoms with van der Waals surface area (Å²) in [6.07, 6.45) is 3.58. The first-order valence-electron chi connectivity index (χ1n) is 6.13. The lowest BCUT2D eigenvalue weighted by Crippen LogP contribution is -2.32. The molecule has 1 fully saturated rings. The predicted octanol–water partition coefficient (Wildman–Crippen LogP) is 2.50. The Morgan fingerprint density at radius 1 is 1.26 bits per heavy atom. The molecule has 0 amide bonds. The topological polar surface area (TPSA) is 50.3 Å². The van der Waals surface area contributed by atoms with Gasteiger partial charge in [-0.15, -0.1) is 11.3 Å². The van der Waals surface area contributed by atoms with Crippen LogP contribution < -0.4 is 0 Å². The van der Waals surface area contributed by atoms with E-state index in [2.05, 4.69) is 4.98 Å². The van der Waals surface area contributed by atoms with Crippen molar-refractivity contribution in [1.29, 1.82) is 0 Å². The third-order valence-corrected chi connectivity index (χ3v) is 6.33. The largest absolute Gasteiger partial charge is 0.260 e. The van der Waals surface area contributed by atoms with E-state index in [9.17, 15) is 8.42 Å². The van der Waals surface area contributed by atoms with Crippen LogP contribution in [0.15, 0.2) is 46.1 Å². The Morgan fingerprint density at radius 3 is 2.68 bits per heavy atom. The molecule has 0 unspecified atom stereocenters. The molecule has 0 bridgehead atoms. The Morgan fingerprint density at radius 2 is 2.11 bits per heavy atom. The van der Waals surface area contributed by atoms with Crippen molar-refractivity contribution in [2.75, 3.05) is 0 Å². The van der Waals surface area contributed by atoms with Gasteiger partial charge in [0.2, 0.25) is 0 Å². The summed E-state index contributed by atoms with van der Waals surface area (Å²) in [5, 5.41) is 1.79. The first kappa shape index (κ1) is 12.8. The zero-order valence-corrected chi connectivity index (χ0v) is 11.9. The maximum absolute atomic E-state index is 12.6. The van der Waals surface area contributed by atoms with Crippen LogP contribution in [0.4, 0.5) is 0 Å². The Bertz CT molecular complexity index is 635. The summed E-state index contributed by atoms with van der Waals surface area (Å²) in [6.45, 7) is 0.353. The summed E-state index contributed by atoms with van der Waals surface area (Å²) < 4.78 is 27.2. The molecule has 2 aromatic heterocycles. The molecule has 0 spiro atoms. The standard InChI is InChI=1S/C13H14N2O2S2/c16-19(17,13-5-3-9-18-13)15(12-6-7-12)10-11-4-1-2-8-14-11/h1-5,8-9,12H,6-7,10H2. The molecule has 3 rings (SSSR count). The third kappa shape index (κ3) is 2.70. The fraction of sp³-hybridized carbons (Fsp3) is 0.308. The highest BCUT2D eigenvalue weighted by atomic mass is 32.2. The van der Waals surface area contributed by atoms with E-state index in [0.717, 1.165) is 18.5 Å². The lowest BCUT2D eigenvalue weighted by atomic mass is 10.3. The van der Waals surface area contributed by atoms with E-state index in [-0.39, 0.29) is 6.04 Å². The summed E-state index contributed by atoms with van der Waals surface area (Å²) in [4.78, 5) is 4.22.